The molecule has 0 spiro atoms. The fraction of sp³-hybridized carbons (Fsp3) is 0.118. The van der Waals surface area contributed by atoms with Crippen LogP contribution in [0.2, 0.25) is 0 Å². The van der Waals surface area contributed by atoms with Crippen LogP contribution in [0.4, 0.5) is 0 Å². The van der Waals surface area contributed by atoms with Crippen LogP contribution in [0.5, 0.6) is 0 Å². The largest absolute Gasteiger partial charge is 0.354 e. The normalized spacial score (nSPS) is 10.9. The maximum atomic E-state index is 12.2. The van der Waals surface area contributed by atoms with E-state index in [-0.39, 0.29) is 11.7 Å². The van der Waals surface area contributed by atoms with Crippen LogP contribution < -0.4 is 0 Å². The number of Topliss-reactive ketones (excluding diaryl/α,β-unsaturated/α-hetero) is 1. The summed E-state index contributed by atoms with van der Waals surface area (Å²) in [5, 5.41) is 0.939. The van der Waals surface area contributed by atoms with Crippen molar-refractivity contribution < 1.29 is 4.79 Å². The number of carbonyl (C=O) groups excluding carboxylic acids is 1. The minimum absolute atomic E-state index is 0.0132. The van der Waals surface area contributed by atoms with E-state index in [0.29, 0.717) is 5.56 Å². The highest BCUT2D eigenvalue weighted by atomic mass is 35.5. The first kappa shape index (κ1) is 12.9. The number of fused-ring (bicyclic) bond motifs is 1. The average molecular weight is 284 g/mol. The van der Waals surface area contributed by atoms with E-state index in [0.717, 1.165) is 27.7 Å². The number of hydrogen-bond donors (Lipinski definition) is 1. The van der Waals surface area contributed by atoms with Crippen molar-refractivity contribution in [2.45, 2.75) is 6.92 Å². The van der Waals surface area contributed by atoms with Crippen LogP contribution in [-0.4, -0.2) is 16.6 Å². The Morgan fingerprint density at radius 2 is 1.90 bits per heavy atom. The lowest BCUT2D eigenvalue weighted by Crippen LogP contribution is -2.01. The predicted molar refractivity (Wildman–Crippen MR) is 83.5 cm³/mol. The van der Waals surface area contributed by atoms with Gasteiger partial charge in [-0.05, 0) is 24.6 Å². The Labute approximate surface area is 122 Å². The van der Waals surface area contributed by atoms with Crippen LogP contribution in [0.15, 0.2) is 48.5 Å². The van der Waals surface area contributed by atoms with E-state index in [9.17, 15) is 4.79 Å². The van der Waals surface area contributed by atoms with E-state index in [1.165, 1.54) is 0 Å². The molecule has 0 atom stereocenters. The molecule has 0 saturated heterocycles. The molecule has 2 aromatic carbocycles. The molecule has 0 fully saturated rings. The quantitative estimate of drug-likeness (QED) is 0.554. The number of aryl methyl sites for hydroxylation is 1. The molecule has 3 aromatic rings. The Morgan fingerprint density at radius 3 is 2.60 bits per heavy atom. The first-order chi connectivity index (χ1) is 9.70. The number of benzene rings is 2. The zero-order valence-electron chi connectivity index (χ0n) is 11.1. The van der Waals surface area contributed by atoms with Crippen molar-refractivity contribution >= 4 is 28.3 Å². The van der Waals surface area contributed by atoms with Crippen molar-refractivity contribution in [3.63, 3.8) is 0 Å². The Kier molecular flexibility index (Phi) is 3.33. The lowest BCUT2D eigenvalue weighted by Gasteiger charge is -2.02. The summed E-state index contributed by atoms with van der Waals surface area (Å²) >= 11 is 5.78. The second-order valence-corrected chi connectivity index (χ2v) is 5.11. The fourth-order valence-electron chi connectivity index (χ4n) is 2.48. The smallest absolute Gasteiger partial charge is 0.180 e. The molecule has 0 aliphatic rings. The number of H-pyrrole nitrogens is 1. The van der Waals surface area contributed by atoms with Crippen LogP contribution >= 0.6 is 11.6 Å². The van der Waals surface area contributed by atoms with Gasteiger partial charge in [0.15, 0.2) is 5.78 Å². The van der Waals surface area contributed by atoms with Gasteiger partial charge in [0.05, 0.1) is 17.1 Å². The van der Waals surface area contributed by atoms with Crippen LogP contribution in [-0.2, 0) is 0 Å². The average Bonchev–Trinajstić information content (AvgIpc) is 2.86. The monoisotopic (exact) mass is 283 g/mol. The Hall–Kier alpha value is -2.06. The van der Waals surface area contributed by atoms with Gasteiger partial charge in [0, 0.05) is 10.9 Å². The molecule has 0 radical (unpaired) electrons. The van der Waals surface area contributed by atoms with Crippen LogP contribution in [0.1, 0.15) is 15.9 Å². The number of nitrogens with one attached hydrogen (secondary N) is 1. The molecule has 1 heterocycles. The van der Waals surface area contributed by atoms with Gasteiger partial charge in [-0.1, -0.05) is 42.0 Å². The third kappa shape index (κ3) is 2.12. The molecule has 1 N–H and O–H groups in total. The van der Waals surface area contributed by atoms with Crippen molar-refractivity contribution in [1.82, 2.24) is 4.98 Å². The van der Waals surface area contributed by atoms with Gasteiger partial charge in [-0.3, -0.25) is 4.79 Å². The van der Waals surface area contributed by atoms with Gasteiger partial charge < -0.3 is 4.98 Å². The molecule has 0 bridgehead atoms. The number of rotatable bonds is 3. The summed E-state index contributed by atoms with van der Waals surface area (Å²) in [5.41, 5.74) is 4.61. The van der Waals surface area contributed by atoms with Gasteiger partial charge in [-0.25, -0.2) is 0 Å². The van der Waals surface area contributed by atoms with E-state index in [4.69, 9.17) is 11.6 Å². The van der Waals surface area contributed by atoms with Gasteiger partial charge in [0.1, 0.15) is 0 Å². The summed E-state index contributed by atoms with van der Waals surface area (Å²) in [7, 11) is 0. The molecule has 3 heteroatoms. The summed E-state index contributed by atoms with van der Waals surface area (Å²) in [5.74, 6) is -0.0665. The Bertz CT molecular complexity index is 774. The van der Waals surface area contributed by atoms with Crippen molar-refractivity contribution in [2.24, 2.45) is 0 Å². The standard InChI is InChI=1S/C17H14ClNO/c1-11-7-8-14-13(9-11)16(15(20)10-18)17(19-14)12-5-3-2-4-6-12/h2-9,19H,10H2,1H3. The molecule has 2 nitrogen and oxygen atoms in total. The number of ketones is 1. The van der Waals surface area contributed by atoms with E-state index in [1.807, 2.05) is 55.5 Å². The van der Waals surface area contributed by atoms with Crippen molar-refractivity contribution in [1.29, 1.82) is 0 Å². The van der Waals surface area contributed by atoms with E-state index in [2.05, 4.69) is 4.98 Å². The fourth-order valence-corrected chi connectivity index (χ4v) is 2.62. The maximum Gasteiger partial charge on any atom is 0.180 e. The summed E-state index contributed by atoms with van der Waals surface area (Å²) in [6.45, 7) is 2.02. The van der Waals surface area contributed by atoms with E-state index >= 15 is 0 Å². The molecule has 100 valence electrons. The number of aromatic amines is 1. The van der Waals surface area contributed by atoms with Crippen LogP contribution in [0.25, 0.3) is 22.2 Å². The number of alkyl halides is 1. The van der Waals surface area contributed by atoms with Gasteiger partial charge in [-0.15, -0.1) is 11.6 Å². The highest BCUT2D eigenvalue weighted by molar-refractivity contribution is 6.33. The molecular formula is C17H14ClNO. The van der Waals surface area contributed by atoms with E-state index in [1.54, 1.807) is 0 Å². The topological polar surface area (TPSA) is 32.9 Å². The van der Waals surface area contributed by atoms with Crippen LogP contribution in [0.3, 0.4) is 0 Å². The zero-order chi connectivity index (χ0) is 14.1. The molecule has 0 aliphatic carbocycles. The SMILES string of the molecule is Cc1ccc2[nH]c(-c3ccccc3)c(C(=O)CCl)c2c1. The Morgan fingerprint density at radius 1 is 1.15 bits per heavy atom. The number of carbonyl (C=O) groups is 1. The molecule has 20 heavy (non-hydrogen) atoms. The molecule has 0 amide bonds. The molecule has 0 unspecified atom stereocenters. The number of hydrogen-bond acceptors (Lipinski definition) is 1. The minimum atomic E-state index is -0.0534. The van der Waals surface area contributed by atoms with Crippen molar-refractivity contribution in [3.8, 4) is 11.3 Å². The highest BCUT2D eigenvalue weighted by Crippen LogP contribution is 2.31. The first-order valence-electron chi connectivity index (χ1n) is 6.47. The predicted octanol–water partition coefficient (Wildman–Crippen LogP) is 4.56. The molecular weight excluding hydrogens is 270 g/mol. The van der Waals surface area contributed by atoms with Gasteiger partial charge in [0.2, 0.25) is 0 Å². The molecule has 3 rings (SSSR count). The van der Waals surface area contributed by atoms with Crippen molar-refractivity contribution in [3.05, 3.63) is 59.7 Å². The highest BCUT2D eigenvalue weighted by Gasteiger charge is 2.18. The zero-order valence-corrected chi connectivity index (χ0v) is 11.9. The van der Waals surface area contributed by atoms with Gasteiger partial charge in [0.25, 0.3) is 0 Å². The summed E-state index contributed by atoms with van der Waals surface area (Å²) in [6, 6.07) is 15.9. The molecule has 1 aromatic heterocycles. The molecule has 0 saturated carbocycles. The number of halogens is 1. The van der Waals surface area contributed by atoms with Gasteiger partial charge >= 0.3 is 0 Å². The number of aromatic nitrogens is 1. The minimum Gasteiger partial charge on any atom is -0.354 e. The Balaban J connectivity index is 2.34. The van der Waals surface area contributed by atoms with E-state index < -0.39 is 0 Å². The third-order valence-corrected chi connectivity index (χ3v) is 3.66. The second kappa shape index (κ2) is 5.14. The molecule has 0 aliphatic heterocycles. The second-order valence-electron chi connectivity index (χ2n) is 4.85. The lowest BCUT2D eigenvalue weighted by molar-refractivity contribution is 0.102. The maximum absolute atomic E-state index is 12.2. The van der Waals surface area contributed by atoms with Crippen LogP contribution in [0, 0.1) is 6.92 Å². The van der Waals surface area contributed by atoms with Crippen molar-refractivity contribution in [2.75, 3.05) is 5.88 Å². The van der Waals surface area contributed by atoms with Gasteiger partial charge in [-0.2, -0.15) is 0 Å². The summed E-state index contributed by atoms with van der Waals surface area (Å²) in [6.07, 6.45) is 0. The summed E-state index contributed by atoms with van der Waals surface area (Å²) in [4.78, 5) is 15.6. The third-order valence-electron chi connectivity index (χ3n) is 3.42. The first-order valence-corrected chi connectivity index (χ1v) is 7.01. The summed E-state index contributed by atoms with van der Waals surface area (Å²) < 4.78 is 0. The lowest BCUT2D eigenvalue weighted by atomic mass is 10.0.